The summed E-state index contributed by atoms with van der Waals surface area (Å²) in [4.78, 5) is 15.2. The van der Waals surface area contributed by atoms with Crippen molar-refractivity contribution in [2.45, 2.75) is 6.92 Å². The van der Waals surface area contributed by atoms with Crippen LogP contribution in [-0.2, 0) is 9.53 Å². The third-order valence-electron chi connectivity index (χ3n) is 1.82. The van der Waals surface area contributed by atoms with E-state index in [4.69, 9.17) is 4.74 Å². The van der Waals surface area contributed by atoms with E-state index in [1.165, 1.54) is 6.21 Å². The number of nitrogens with zero attached hydrogens (tertiary/aromatic N) is 2. The summed E-state index contributed by atoms with van der Waals surface area (Å²) >= 11 is 0. The third kappa shape index (κ3) is 4.46. The number of benzene rings is 1. The second-order valence-electron chi connectivity index (χ2n) is 3.08. The highest BCUT2D eigenvalue weighted by atomic mass is 16.5. The van der Waals surface area contributed by atoms with E-state index in [1.807, 2.05) is 30.3 Å². The van der Waals surface area contributed by atoms with Crippen LogP contribution in [0.25, 0.3) is 0 Å². The van der Waals surface area contributed by atoms with Gasteiger partial charge in [0.1, 0.15) is 0 Å². The maximum atomic E-state index is 11.5. The van der Waals surface area contributed by atoms with E-state index in [9.17, 15) is 4.79 Å². The molecule has 0 aliphatic heterocycles. The lowest BCUT2D eigenvalue weighted by atomic mass is 10.3. The number of carbonyl (C=O) groups excluding carboxylic acids is 1. The number of anilines is 1. The molecule has 5 heteroatoms. The second-order valence-corrected chi connectivity index (χ2v) is 3.08. The Hall–Kier alpha value is -2.17. The zero-order valence-electron chi connectivity index (χ0n) is 9.88. The molecule has 0 aliphatic carbocycles. The first-order valence-electron chi connectivity index (χ1n) is 5.26. The van der Waals surface area contributed by atoms with Crippen LogP contribution < -0.4 is 5.43 Å². The zero-order chi connectivity index (χ0) is 12.5. The van der Waals surface area contributed by atoms with Crippen LogP contribution in [0.2, 0.25) is 0 Å². The Labute approximate surface area is 100 Å². The van der Waals surface area contributed by atoms with E-state index in [1.54, 1.807) is 14.0 Å². The van der Waals surface area contributed by atoms with Crippen molar-refractivity contribution in [3.8, 4) is 0 Å². The van der Waals surface area contributed by atoms with Gasteiger partial charge in [-0.15, -0.1) is 0 Å². The van der Waals surface area contributed by atoms with Gasteiger partial charge in [0.05, 0.1) is 18.5 Å². The van der Waals surface area contributed by atoms with Gasteiger partial charge in [0.25, 0.3) is 0 Å². The maximum absolute atomic E-state index is 11.5. The molecule has 1 N–H and O–H groups in total. The first-order chi connectivity index (χ1) is 8.27. The van der Waals surface area contributed by atoms with Crippen LogP contribution >= 0.6 is 0 Å². The molecule has 0 unspecified atom stereocenters. The lowest BCUT2D eigenvalue weighted by molar-refractivity contribution is -0.134. The minimum atomic E-state index is -0.499. The van der Waals surface area contributed by atoms with Crippen molar-refractivity contribution in [2.75, 3.05) is 19.1 Å². The van der Waals surface area contributed by atoms with Gasteiger partial charge in [-0.2, -0.15) is 5.10 Å². The molecular formula is C12H15N3O2. The van der Waals surface area contributed by atoms with Crippen molar-refractivity contribution in [3.05, 3.63) is 30.3 Å². The number of hydrazone groups is 1. The molecule has 17 heavy (non-hydrogen) atoms. The number of hydrogen-bond donors (Lipinski definition) is 1. The van der Waals surface area contributed by atoms with Gasteiger partial charge < -0.3 is 4.74 Å². The number of rotatable bonds is 5. The van der Waals surface area contributed by atoms with Gasteiger partial charge in [0.15, 0.2) is 5.71 Å². The standard InChI is InChI=1S/C12H15N3O2/c1-3-17-12(16)11(9-13-2)15-14-10-7-5-4-6-8-10/h4-9,14H,3H2,1-2H3/b13-9-,15-11+. The quantitative estimate of drug-likeness (QED) is 0.478. The predicted octanol–water partition coefficient (Wildman–Crippen LogP) is 1.72. The number of nitrogens with one attached hydrogen (secondary N) is 1. The van der Waals surface area contributed by atoms with Crippen LogP contribution in [-0.4, -0.2) is 31.6 Å². The first-order valence-corrected chi connectivity index (χ1v) is 5.26. The fraction of sp³-hybridized carbons (Fsp3) is 0.250. The normalized spacial score (nSPS) is 11.5. The monoisotopic (exact) mass is 233 g/mol. The minimum absolute atomic E-state index is 0.137. The average molecular weight is 233 g/mol. The molecule has 1 rings (SSSR count). The molecule has 5 nitrogen and oxygen atoms in total. The summed E-state index contributed by atoms with van der Waals surface area (Å²) in [7, 11) is 1.57. The summed E-state index contributed by atoms with van der Waals surface area (Å²) < 4.78 is 4.84. The number of ether oxygens (including phenoxy) is 1. The van der Waals surface area contributed by atoms with Crippen molar-refractivity contribution in [1.82, 2.24) is 0 Å². The van der Waals surface area contributed by atoms with Gasteiger partial charge in [-0.25, -0.2) is 4.79 Å². The lowest BCUT2D eigenvalue weighted by Gasteiger charge is -2.03. The predicted molar refractivity (Wildman–Crippen MR) is 68.5 cm³/mol. The van der Waals surface area contributed by atoms with Crippen LogP contribution in [0.4, 0.5) is 5.69 Å². The Morgan fingerprint density at radius 2 is 2.12 bits per heavy atom. The molecule has 90 valence electrons. The van der Waals surface area contributed by atoms with Crippen molar-refractivity contribution in [3.63, 3.8) is 0 Å². The summed E-state index contributed by atoms with van der Waals surface area (Å²) in [5, 5.41) is 3.95. The topological polar surface area (TPSA) is 63.0 Å². The Morgan fingerprint density at radius 3 is 2.71 bits per heavy atom. The van der Waals surface area contributed by atoms with Gasteiger partial charge in [-0.1, -0.05) is 18.2 Å². The summed E-state index contributed by atoms with van der Waals surface area (Å²) in [5.41, 5.74) is 3.69. The number of carbonyl (C=O) groups is 1. The van der Waals surface area contributed by atoms with Crippen LogP contribution in [0.5, 0.6) is 0 Å². The van der Waals surface area contributed by atoms with E-state index in [2.05, 4.69) is 15.5 Å². The Bertz CT molecular complexity index is 413. The molecule has 0 saturated carbocycles. The summed E-state index contributed by atoms with van der Waals surface area (Å²) in [6.45, 7) is 2.05. The Kier molecular flexibility index (Phi) is 5.43. The largest absolute Gasteiger partial charge is 0.461 e. The van der Waals surface area contributed by atoms with Crippen molar-refractivity contribution < 1.29 is 9.53 Å². The van der Waals surface area contributed by atoms with Crippen LogP contribution in [0.1, 0.15) is 6.92 Å². The van der Waals surface area contributed by atoms with Gasteiger partial charge in [-0.05, 0) is 19.1 Å². The summed E-state index contributed by atoms with van der Waals surface area (Å²) in [6.07, 6.45) is 1.36. The molecule has 0 fully saturated rings. The SMILES string of the molecule is CCOC(=O)C(/C=N\C)=N/Nc1ccccc1. The van der Waals surface area contributed by atoms with Gasteiger partial charge in [0, 0.05) is 7.05 Å². The van der Waals surface area contributed by atoms with Crippen molar-refractivity contribution in [2.24, 2.45) is 10.1 Å². The molecular weight excluding hydrogens is 218 g/mol. The zero-order valence-corrected chi connectivity index (χ0v) is 9.88. The Balaban J connectivity index is 2.74. The van der Waals surface area contributed by atoms with Gasteiger partial charge in [0.2, 0.25) is 0 Å². The molecule has 1 aromatic carbocycles. The molecule has 0 saturated heterocycles. The van der Waals surface area contributed by atoms with Crippen LogP contribution in [0.15, 0.2) is 40.4 Å². The van der Waals surface area contributed by atoms with Crippen LogP contribution in [0, 0.1) is 0 Å². The molecule has 0 atom stereocenters. The van der Waals surface area contributed by atoms with E-state index < -0.39 is 5.97 Å². The number of aliphatic imine (C=N–C) groups is 1. The van der Waals surface area contributed by atoms with Gasteiger partial charge >= 0.3 is 5.97 Å². The number of esters is 1. The van der Waals surface area contributed by atoms with Gasteiger partial charge in [-0.3, -0.25) is 10.4 Å². The van der Waals surface area contributed by atoms with Crippen molar-refractivity contribution >= 4 is 23.6 Å². The molecule has 0 aromatic heterocycles. The summed E-state index contributed by atoms with van der Waals surface area (Å²) in [6, 6.07) is 9.32. The molecule has 0 spiro atoms. The number of para-hydroxylation sites is 1. The second kappa shape index (κ2) is 7.16. The maximum Gasteiger partial charge on any atom is 0.360 e. The smallest absolute Gasteiger partial charge is 0.360 e. The fourth-order valence-electron chi connectivity index (χ4n) is 1.09. The highest BCUT2D eigenvalue weighted by Crippen LogP contribution is 2.04. The highest BCUT2D eigenvalue weighted by molar-refractivity contribution is 6.59. The Morgan fingerprint density at radius 1 is 1.41 bits per heavy atom. The van der Waals surface area contributed by atoms with Crippen LogP contribution in [0.3, 0.4) is 0 Å². The average Bonchev–Trinajstić information content (AvgIpc) is 2.36. The molecule has 0 bridgehead atoms. The third-order valence-corrected chi connectivity index (χ3v) is 1.82. The molecule has 0 heterocycles. The fourth-order valence-corrected chi connectivity index (χ4v) is 1.09. The number of hydrogen-bond acceptors (Lipinski definition) is 5. The molecule has 0 amide bonds. The van der Waals surface area contributed by atoms with Crippen molar-refractivity contribution in [1.29, 1.82) is 0 Å². The van der Waals surface area contributed by atoms with E-state index in [-0.39, 0.29) is 5.71 Å². The molecule has 0 aliphatic rings. The lowest BCUT2D eigenvalue weighted by Crippen LogP contribution is -2.20. The molecule has 0 radical (unpaired) electrons. The van der Waals surface area contributed by atoms with E-state index >= 15 is 0 Å². The molecule has 1 aromatic rings. The minimum Gasteiger partial charge on any atom is -0.461 e. The van der Waals surface area contributed by atoms with E-state index in [0.29, 0.717) is 6.61 Å². The highest BCUT2D eigenvalue weighted by Gasteiger charge is 2.09. The summed E-state index contributed by atoms with van der Waals surface area (Å²) in [5.74, 6) is -0.499. The first kappa shape index (κ1) is 12.9. The van der Waals surface area contributed by atoms with E-state index in [0.717, 1.165) is 5.69 Å².